The SMILES string of the molecule is Cl.O=[N+]([O-])c1nccn1CCNc1c2ccccc2nc2ccccc12. The third-order valence-corrected chi connectivity index (χ3v) is 4.10. The monoisotopic (exact) mass is 369 g/mol. The van der Waals surface area contributed by atoms with Gasteiger partial charge in [0, 0.05) is 17.3 Å². The Balaban J connectivity index is 0.00000196. The van der Waals surface area contributed by atoms with Crippen molar-refractivity contribution in [3.05, 3.63) is 71.0 Å². The number of para-hydroxylation sites is 2. The van der Waals surface area contributed by atoms with Crippen LogP contribution < -0.4 is 5.32 Å². The Kier molecular flexibility index (Phi) is 4.99. The lowest BCUT2D eigenvalue weighted by Gasteiger charge is -2.13. The molecular formula is C18H16ClN5O2. The van der Waals surface area contributed by atoms with Crippen molar-refractivity contribution in [1.82, 2.24) is 14.5 Å². The molecule has 0 aliphatic heterocycles. The zero-order valence-corrected chi connectivity index (χ0v) is 14.5. The van der Waals surface area contributed by atoms with Gasteiger partial charge in [0.05, 0.1) is 23.3 Å². The Labute approximate surface area is 155 Å². The van der Waals surface area contributed by atoms with Crippen LogP contribution in [0.4, 0.5) is 11.6 Å². The first-order valence-electron chi connectivity index (χ1n) is 7.91. The summed E-state index contributed by atoms with van der Waals surface area (Å²) < 4.78 is 1.53. The number of pyridine rings is 1. The highest BCUT2D eigenvalue weighted by molar-refractivity contribution is 6.07. The number of hydrogen-bond acceptors (Lipinski definition) is 5. The lowest BCUT2D eigenvalue weighted by Crippen LogP contribution is -2.12. The van der Waals surface area contributed by atoms with Gasteiger partial charge < -0.3 is 15.4 Å². The second kappa shape index (κ2) is 7.37. The fourth-order valence-electron chi connectivity index (χ4n) is 2.98. The molecule has 0 fully saturated rings. The van der Waals surface area contributed by atoms with Gasteiger partial charge in [0.25, 0.3) is 0 Å². The van der Waals surface area contributed by atoms with Crippen molar-refractivity contribution in [1.29, 1.82) is 0 Å². The first-order valence-corrected chi connectivity index (χ1v) is 7.91. The van der Waals surface area contributed by atoms with Gasteiger partial charge in [-0.05, 0) is 17.1 Å². The van der Waals surface area contributed by atoms with E-state index in [9.17, 15) is 10.1 Å². The number of benzene rings is 2. The number of nitrogens with one attached hydrogen (secondary N) is 1. The molecule has 0 saturated carbocycles. The minimum Gasteiger partial charge on any atom is -0.390 e. The van der Waals surface area contributed by atoms with Gasteiger partial charge in [-0.25, -0.2) is 9.55 Å². The molecule has 4 rings (SSSR count). The summed E-state index contributed by atoms with van der Waals surface area (Å²) in [5.74, 6) is -0.147. The van der Waals surface area contributed by atoms with E-state index in [1.165, 1.54) is 10.8 Å². The first-order chi connectivity index (χ1) is 12.2. The molecule has 0 aliphatic carbocycles. The van der Waals surface area contributed by atoms with Gasteiger partial charge in [-0.15, -0.1) is 12.4 Å². The molecule has 0 bridgehead atoms. The van der Waals surface area contributed by atoms with Crippen molar-refractivity contribution in [2.45, 2.75) is 6.54 Å². The molecule has 0 aliphatic rings. The predicted molar refractivity (Wildman–Crippen MR) is 104 cm³/mol. The van der Waals surface area contributed by atoms with E-state index in [4.69, 9.17) is 0 Å². The molecule has 4 aromatic rings. The molecule has 0 radical (unpaired) electrons. The molecule has 1 N–H and O–H groups in total. The van der Waals surface area contributed by atoms with E-state index in [1.54, 1.807) is 6.20 Å². The number of nitro groups is 1. The summed E-state index contributed by atoms with van der Waals surface area (Å²) in [6.45, 7) is 0.983. The normalized spacial score (nSPS) is 10.6. The molecule has 26 heavy (non-hydrogen) atoms. The van der Waals surface area contributed by atoms with Crippen molar-refractivity contribution in [3.8, 4) is 0 Å². The number of fused-ring (bicyclic) bond motifs is 2. The molecule has 0 atom stereocenters. The number of aromatic nitrogens is 3. The summed E-state index contributed by atoms with van der Waals surface area (Å²) in [6, 6.07) is 15.9. The van der Waals surface area contributed by atoms with E-state index in [0.717, 1.165) is 27.5 Å². The minimum absolute atomic E-state index is 0. The molecule has 2 aromatic heterocycles. The van der Waals surface area contributed by atoms with E-state index in [2.05, 4.69) is 15.3 Å². The van der Waals surface area contributed by atoms with Gasteiger partial charge in [-0.3, -0.25) is 0 Å². The van der Waals surface area contributed by atoms with Crippen molar-refractivity contribution in [3.63, 3.8) is 0 Å². The standard InChI is InChI=1S/C18H15N5O2.ClH/c24-23(25)18-20-10-12-22(18)11-9-19-17-13-5-1-3-7-15(13)21-16-8-4-2-6-14(16)17;/h1-8,10,12H,9,11H2,(H,19,21);1H. The van der Waals surface area contributed by atoms with Crippen LogP contribution in [-0.2, 0) is 6.54 Å². The van der Waals surface area contributed by atoms with E-state index in [1.807, 2.05) is 48.5 Å². The van der Waals surface area contributed by atoms with E-state index in [-0.39, 0.29) is 18.4 Å². The maximum absolute atomic E-state index is 11.0. The zero-order chi connectivity index (χ0) is 17.2. The van der Waals surface area contributed by atoms with Crippen LogP contribution in [0.3, 0.4) is 0 Å². The third-order valence-electron chi connectivity index (χ3n) is 4.10. The van der Waals surface area contributed by atoms with Crippen LogP contribution in [0.5, 0.6) is 0 Å². The van der Waals surface area contributed by atoms with Gasteiger partial charge in [0.1, 0.15) is 12.4 Å². The first kappa shape index (κ1) is 17.6. The second-order valence-electron chi connectivity index (χ2n) is 5.63. The van der Waals surface area contributed by atoms with Crippen molar-refractivity contribution >= 4 is 45.8 Å². The molecule has 0 unspecified atom stereocenters. The third kappa shape index (κ3) is 3.16. The zero-order valence-electron chi connectivity index (χ0n) is 13.7. The number of imidazole rings is 1. The highest BCUT2D eigenvalue weighted by atomic mass is 35.5. The number of rotatable bonds is 5. The van der Waals surface area contributed by atoms with Crippen LogP contribution in [0.1, 0.15) is 0 Å². The van der Waals surface area contributed by atoms with Crippen LogP contribution in [0.25, 0.3) is 21.8 Å². The summed E-state index contributed by atoms with van der Waals surface area (Å²) >= 11 is 0. The molecule has 0 amide bonds. The highest BCUT2D eigenvalue weighted by Crippen LogP contribution is 2.30. The molecule has 0 spiro atoms. The number of anilines is 1. The van der Waals surface area contributed by atoms with Gasteiger partial charge >= 0.3 is 5.95 Å². The van der Waals surface area contributed by atoms with Crippen LogP contribution >= 0.6 is 12.4 Å². The maximum atomic E-state index is 11.0. The molecule has 2 aromatic carbocycles. The second-order valence-corrected chi connectivity index (χ2v) is 5.63. The van der Waals surface area contributed by atoms with Crippen molar-refractivity contribution in [2.24, 2.45) is 0 Å². The summed E-state index contributed by atoms with van der Waals surface area (Å²) in [6.07, 6.45) is 3.05. The van der Waals surface area contributed by atoms with E-state index >= 15 is 0 Å². The summed E-state index contributed by atoms with van der Waals surface area (Å²) in [5, 5.41) is 16.4. The van der Waals surface area contributed by atoms with Crippen LogP contribution in [0, 0.1) is 10.1 Å². The highest BCUT2D eigenvalue weighted by Gasteiger charge is 2.14. The topological polar surface area (TPSA) is 85.9 Å². The summed E-state index contributed by atoms with van der Waals surface area (Å²) in [4.78, 5) is 18.9. The van der Waals surface area contributed by atoms with Gasteiger partial charge in [-0.1, -0.05) is 41.4 Å². The fraction of sp³-hybridized carbons (Fsp3) is 0.111. The Morgan fingerprint density at radius 1 is 1.04 bits per heavy atom. The minimum atomic E-state index is -0.475. The molecule has 132 valence electrons. The molecule has 2 heterocycles. The summed E-state index contributed by atoms with van der Waals surface area (Å²) in [7, 11) is 0. The summed E-state index contributed by atoms with van der Waals surface area (Å²) in [5.41, 5.74) is 2.82. The fourth-order valence-corrected chi connectivity index (χ4v) is 2.98. The number of halogens is 1. The van der Waals surface area contributed by atoms with Crippen LogP contribution in [0.2, 0.25) is 0 Å². The van der Waals surface area contributed by atoms with Crippen molar-refractivity contribution in [2.75, 3.05) is 11.9 Å². The smallest absolute Gasteiger partial charge is 0.390 e. The predicted octanol–water partition coefficient (Wildman–Crippen LogP) is 4.03. The maximum Gasteiger partial charge on any atom is 0.434 e. The Morgan fingerprint density at radius 2 is 1.65 bits per heavy atom. The molecule has 0 saturated heterocycles. The lowest BCUT2D eigenvalue weighted by molar-refractivity contribution is -0.396. The Morgan fingerprint density at radius 3 is 2.27 bits per heavy atom. The number of nitrogens with zero attached hydrogens (tertiary/aromatic N) is 4. The van der Waals surface area contributed by atoms with Crippen LogP contribution in [-0.4, -0.2) is 26.0 Å². The average molecular weight is 370 g/mol. The Hall–Kier alpha value is -3.19. The number of hydrogen-bond donors (Lipinski definition) is 1. The van der Waals surface area contributed by atoms with Gasteiger partial charge in [-0.2, -0.15) is 0 Å². The molecule has 8 heteroatoms. The van der Waals surface area contributed by atoms with E-state index in [0.29, 0.717) is 13.1 Å². The molecular weight excluding hydrogens is 354 g/mol. The van der Waals surface area contributed by atoms with Gasteiger partial charge in [0.15, 0.2) is 0 Å². The van der Waals surface area contributed by atoms with Crippen LogP contribution in [0.15, 0.2) is 60.9 Å². The lowest BCUT2D eigenvalue weighted by atomic mass is 10.1. The van der Waals surface area contributed by atoms with Crippen molar-refractivity contribution < 1.29 is 4.92 Å². The molecule has 7 nitrogen and oxygen atoms in total. The Bertz CT molecular complexity index is 1030. The van der Waals surface area contributed by atoms with Gasteiger partial charge in [0.2, 0.25) is 0 Å². The quantitative estimate of drug-likeness (QED) is 0.326. The average Bonchev–Trinajstić information content (AvgIpc) is 3.10. The van der Waals surface area contributed by atoms with E-state index < -0.39 is 4.92 Å². The largest absolute Gasteiger partial charge is 0.434 e.